The molecule has 0 aliphatic carbocycles. The lowest BCUT2D eigenvalue weighted by atomic mass is 9.83. The zero-order valence-electron chi connectivity index (χ0n) is 20.9. The van der Waals surface area contributed by atoms with Gasteiger partial charge in [-0.1, -0.05) is 127 Å². The molecule has 0 aliphatic heterocycles. The molecule has 0 radical (unpaired) electrons. The van der Waals surface area contributed by atoms with Crippen LogP contribution in [-0.2, 0) is 7.05 Å². The van der Waals surface area contributed by atoms with Gasteiger partial charge in [-0.3, -0.25) is 0 Å². The molecule has 0 saturated carbocycles. The van der Waals surface area contributed by atoms with Crippen molar-refractivity contribution in [2.45, 2.75) is 0 Å². The Hall–Kier alpha value is -4.75. The molecule has 6 rings (SSSR count). The largest absolute Gasteiger partial charge is 0.221 e. The Balaban J connectivity index is 1.89. The van der Waals surface area contributed by atoms with Gasteiger partial charge in [0.1, 0.15) is 7.05 Å². The molecule has 0 N–H and O–H groups in total. The van der Waals surface area contributed by atoms with Crippen molar-refractivity contribution in [3.05, 3.63) is 152 Å². The van der Waals surface area contributed by atoms with Crippen LogP contribution in [0.5, 0.6) is 0 Å². The summed E-state index contributed by atoms with van der Waals surface area (Å²) >= 11 is 0. The third-order valence-corrected chi connectivity index (χ3v) is 6.93. The third kappa shape index (κ3) is 4.26. The molecule has 5 aromatic carbocycles. The second-order valence-corrected chi connectivity index (χ2v) is 9.21. The van der Waals surface area contributed by atoms with Crippen molar-refractivity contribution in [1.29, 1.82) is 0 Å². The highest BCUT2D eigenvalue weighted by atomic mass is 15.0. The minimum absolute atomic E-state index is 1.19. The number of nitrogens with zero attached hydrogens (tertiary/aromatic N) is 1. The zero-order chi connectivity index (χ0) is 25.0. The van der Waals surface area contributed by atoms with Gasteiger partial charge in [-0.15, -0.1) is 0 Å². The third-order valence-electron chi connectivity index (χ3n) is 6.93. The second kappa shape index (κ2) is 10.1. The Morgan fingerprint density at radius 2 is 0.541 bits per heavy atom. The first kappa shape index (κ1) is 22.7. The molecule has 0 atom stereocenters. The van der Waals surface area contributed by atoms with Crippen LogP contribution in [0.1, 0.15) is 0 Å². The number of benzene rings is 5. The summed E-state index contributed by atoms with van der Waals surface area (Å²) in [4.78, 5) is 0. The van der Waals surface area contributed by atoms with E-state index in [4.69, 9.17) is 0 Å². The van der Waals surface area contributed by atoms with Crippen molar-refractivity contribution >= 4 is 0 Å². The van der Waals surface area contributed by atoms with Gasteiger partial charge in [-0.25, -0.2) is 0 Å². The molecule has 0 amide bonds. The van der Waals surface area contributed by atoms with Gasteiger partial charge in [0.15, 0.2) is 0 Å². The van der Waals surface area contributed by atoms with Crippen molar-refractivity contribution in [3.63, 3.8) is 0 Å². The normalized spacial score (nSPS) is 10.8. The van der Waals surface area contributed by atoms with Gasteiger partial charge in [-0.2, -0.15) is 4.57 Å². The summed E-state index contributed by atoms with van der Waals surface area (Å²) in [5.41, 5.74) is 12.1. The number of hydrogen-bond donors (Lipinski definition) is 0. The van der Waals surface area contributed by atoms with Crippen molar-refractivity contribution in [1.82, 2.24) is 0 Å². The smallest absolute Gasteiger partial charge is 0.193 e. The molecule has 1 nitrogen and oxygen atoms in total. The van der Waals surface area contributed by atoms with E-state index in [2.05, 4.69) is 163 Å². The number of hydrogen-bond acceptors (Lipinski definition) is 0. The SMILES string of the molecule is C[n+]1c(-c2ccccc2)c(-c2ccccc2)c(-c2ccccc2)c(-c2ccccc2)c1-c1ccccc1. The van der Waals surface area contributed by atoms with Gasteiger partial charge >= 0.3 is 0 Å². The predicted molar refractivity (Wildman–Crippen MR) is 155 cm³/mol. The minimum atomic E-state index is 1.19. The lowest BCUT2D eigenvalue weighted by Gasteiger charge is -2.22. The van der Waals surface area contributed by atoms with Crippen LogP contribution in [0.25, 0.3) is 55.9 Å². The van der Waals surface area contributed by atoms with Gasteiger partial charge < -0.3 is 0 Å². The lowest BCUT2D eigenvalue weighted by Crippen LogP contribution is -2.36. The molecule has 0 unspecified atom stereocenters. The quantitative estimate of drug-likeness (QED) is 0.220. The average molecular weight is 475 g/mol. The van der Waals surface area contributed by atoms with E-state index in [0.29, 0.717) is 0 Å². The molecule has 0 saturated heterocycles. The summed E-state index contributed by atoms with van der Waals surface area (Å²) in [5.74, 6) is 0. The molecule has 6 aromatic rings. The molecule has 1 heterocycles. The Kier molecular flexibility index (Phi) is 6.19. The maximum Gasteiger partial charge on any atom is 0.221 e. The van der Waals surface area contributed by atoms with E-state index in [9.17, 15) is 0 Å². The number of aromatic nitrogens is 1. The van der Waals surface area contributed by atoms with Crippen molar-refractivity contribution in [2.24, 2.45) is 7.05 Å². The highest BCUT2D eigenvalue weighted by Crippen LogP contribution is 2.47. The molecule has 0 bridgehead atoms. The van der Waals surface area contributed by atoms with Gasteiger partial charge in [-0.05, 0) is 41.0 Å². The first-order valence-corrected chi connectivity index (χ1v) is 12.7. The van der Waals surface area contributed by atoms with Crippen LogP contribution in [0.3, 0.4) is 0 Å². The summed E-state index contributed by atoms with van der Waals surface area (Å²) in [6.07, 6.45) is 0. The van der Waals surface area contributed by atoms with E-state index < -0.39 is 0 Å². The highest BCUT2D eigenvalue weighted by Gasteiger charge is 2.32. The summed E-state index contributed by atoms with van der Waals surface area (Å²) < 4.78 is 2.39. The minimum Gasteiger partial charge on any atom is -0.193 e. The van der Waals surface area contributed by atoms with Crippen LogP contribution < -0.4 is 4.57 Å². The summed E-state index contributed by atoms with van der Waals surface area (Å²) in [5, 5.41) is 0. The highest BCUT2D eigenvalue weighted by molar-refractivity contribution is 6.03. The van der Waals surface area contributed by atoms with Gasteiger partial charge in [0.2, 0.25) is 11.4 Å². The summed E-state index contributed by atoms with van der Waals surface area (Å²) in [6.45, 7) is 0. The van der Waals surface area contributed by atoms with E-state index >= 15 is 0 Å². The molecule has 37 heavy (non-hydrogen) atoms. The van der Waals surface area contributed by atoms with E-state index in [-0.39, 0.29) is 0 Å². The number of pyridine rings is 1. The van der Waals surface area contributed by atoms with E-state index in [0.717, 1.165) is 0 Å². The van der Waals surface area contributed by atoms with Gasteiger partial charge in [0, 0.05) is 16.7 Å². The Morgan fingerprint density at radius 1 is 0.297 bits per heavy atom. The van der Waals surface area contributed by atoms with E-state index in [1.807, 2.05) is 0 Å². The second-order valence-electron chi connectivity index (χ2n) is 9.21. The fraction of sp³-hybridized carbons (Fsp3) is 0.0278. The molecule has 0 aliphatic rings. The molecule has 176 valence electrons. The maximum absolute atomic E-state index is 2.39. The van der Waals surface area contributed by atoms with E-state index in [1.165, 1.54) is 55.9 Å². The van der Waals surface area contributed by atoms with Crippen LogP contribution >= 0.6 is 0 Å². The van der Waals surface area contributed by atoms with Crippen molar-refractivity contribution in [3.8, 4) is 55.9 Å². The topological polar surface area (TPSA) is 3.88 Å². The summed E-state index contributed by atoms with van der Waals surface area (Å²) in [6, 6.07) is 54.0. The molecule has 1 heteroatoms. The Bertz CT molecular complexity index is 1520. The van der Waals surface area contributed by atoms with Crippen LogP contribution in [0.4, 0.5) is 0 Å². The van der Waals surface area contributed by atoms with Gasteiger partial charge in [0.05, 0.1) is 11.1 Å². The summed E-state index contributed by atoms with van der Waals surface area (Å²) in [7, 11) is 2.21. The molecular formula is C36H28N+. The molecule has 0 fully saturated rings. The molecular weight excluding hydrogens is 446 g/mol. The van der Waals surface area contributed by atoms with Crippen LogP contribution in [-0.4, -0.2) is 0 Å². The first-order chi connectivity index (χ1) is 18.3. The average Bonchev–Trinajstić information content (AvgIpc) is 2.98. The predicted octanol–water partition coefficient (Wildman–Crippen LogP) is 8.85. The van der Waals surface area contributed by atoms with Crippen LogP contribution in [0.15, 0.2) is 152 Å². The lowest BCUT2D eigenvalue weighted by molar-refractivity contribution is -0.648. The Labute approximate surface area is 219 Å². The standard InChI is InChI=1S/C36H28N/c1-37-35(30-23-13-5-14-24-30)33(28-19-9-3-10-20-28)32(27-17-7-2-8-18-27)34(29-21-11-4-12-22-29)36(37)31-25-15-6-16-26-31/h2-26H,1H3/q+1. The molecule has 0 spiro atoms. The van der Waals surface area contributed by atoms with E-state index in [1.54, 1.807) is 0 Å². The van der Waals surface area contributed by atoms with Crippen LogP contribution in [0, 0.1) is 0 Å². The monoisotopic (exact) mass is 474 g/mol. The molecule has 1 aromatic heterocycles. The Morgan fingerprint density at radius 3 is 0.838 bits per heavy atom. The maximum atomic E-state index is 2.39. The number of rotatable bonds is 5. The zero-order valence-corrected chi connectivity index (χ0v) is 20.9. The van der Waals surface area contributed by atoms with Crippen LogP contribution in [0.2, 0.25) is 0 Å². The van der Waals surface area contributed by atoms with Crippen molar-refractivity contribution in [2.75, 3.05) is 0 Å². The fourth-order valence-corrected chi connectivity index (χ4v) is 5.34. The fourth-order valence-electron chi connectivity index (χ4n) is 5.34. The first-order valence-electron chi connectivity index (χ1n) is 12.7. The van der Waals surface area contributed by atoms with Gasteiger partial charge in [0.25, 0.3) is 0 Å². The van der Waals surface area contributed by atoms with Crippen molar-refractivity contribution < 1.29 is 4.57 Å².